The molecule has 3 aliphatic rings. The van der Waals surface area contributed by atoms with E-state index in [4.69, 9.17) is 11.1 Å². The van der Waals surface area contributed by atoms with E-state index in [1.165, 1.54) is 35.2 Å². The zero-order valence-corrected chi connectivity index (χ0v) is 31.6. The first-order valence-electron chi connectivity index (χ1n) is 19.3. The molecule has 0 aromatic heterocycles. The number of carbonyl (C=O) groups is 4. The Labute approximate surface area is 329 Å². The maximum absolute atomic E-state index is 15.1. The van der Waals surface area contributed by atoms with Gasteiger partial charge in [0.1, 0.15) is 23.0 Å². The molecule has 4 aromatic carbocycles. The number of hydrogen-bond acceptors (Lipinski definition) is 6. The Morgan fingerprint density at radius 2 is 1.16 bits per heavy atom. The molecule has 4 aromatic rings. The molecule has 3 heterocycles. The molecule has 4 amide bonds. The van der Waals surface area contributed by atoms with Crippen molar-refractivity contribution in [1.29, 1.82) is 5.41 Å². The second kappa shape index (κ2) is 16.7. The molecule has 3 N–H and O–H groups in total. The van der Waals surface area contributed by atoms with Gasteiger partial charge in [0, 0.05) is 62.5 Å². The van der Waals surface area contributed by atoms with Crippen molar-refractivity contribution in [1.82, 2.24) is 19.6 Å². The van der Waals surface area contributed by atoms with Crippen LogP contribution < -0.4 is 5.73 Å². The van der Waals surface area contributed by atoms with Crippen LogP contribution >= 0.6 is 0 Å². The van der Waals surface area contributed by atoms with Crippen LogP contribution in [0.25, 0.3) is 11.1 Å². The van der Waals surface area contributed by atoms with E-state index in [2.05, 4.69) is 4.90 Å². The molecule has 0 atom stereocenters. The fraction of sp³-hybridized carbons (Fsp3) is 0.341. The fourth-order valence-electron chi connectivity index (χ4n) is 8.33. The summed E-state index contributed by atoms with van der Waals surface area (Å²) in [4.78, 5) is 58.8. The van der Waals surface area contributed by atoms with Crippen LogP contribution in [0.5, 0.6) is 0 Å². The lowest BCUT2D eigenvalue weighted by Crippen LogP contribution is -2.54. The predicted octanol–water partition coefficient (Wildman–Crippen LogP) is 5.78. The molecule has 0 unspecified atom stereocenters. The number of piperidine rings is 2. The van der Waals surface area contributed by atoms with Crippen molar-refractivity contribution in [3.8, 4) is 11.1 Å². The summed E-state index contributed by atoms with van der Waals surface area (Å²) in [5.41, 5.74) is 7.11. The molecular formula is C44H45F3N6O4. The molecule has 3 saturated heterocycles. The zero-order valence-electron chi connectivity index (χ0n) is 31.6. The third kappa shape index (κ3) is 8.63. The summed E-state index contributed by atoms with van der Waals surface area (Å²) in [5, 5.41) is 8.55. The molecule has 296 valence electrons. The number of nitrogens with one attached hydrogen (secondary N) is 1. The first-order valence-corrected chi connectivity index (χ1v) is 19.3. The van der Waals surface area contributed by atoms with E-state index >= 15 is 8.78 Å². The van der Waals surface area contributed by atoms with Crippen LogP contribution in [0.4, 0.5) is 13.2 Å². The van der Waals surface area contributed by atoms with Crippen LogP contribution in [-0.2, 0) is 11.2 Å². The lowest BCUT2D eigenvalue weighted by molar-refractivity contribution is -0.134. The number of amides is 4. The lowest BCUT2D eigenvalue weighted by Gasteiger charge is -2.47. The highest BCUT2D eigenvalue weighted by Gasteiger charge is 2.40. The summed E-state index contributed by atoms with van der Waals surface area (Å²) < 4.78 is 45.2. The number of primary amides is 1. The van der Waals surface area contributed by atoms with Crippen LogP contribution in [0.15, 0.2) is 84.9 Å². The number of halogens is 3. The van der Waals surface area contributed by atoms with Crippen LogP contribution in [-0.4, -0.2) is 108 Å². The molecule has 0 saturated carbocycles. The molecule has 0 bridgehead atoms. The molecule has 0 aliphatic carbocycles. The van der Waals surface area contributed by atoms with Crippen LogP contribution in [0.2, 0.25) is 0 Å². The third-order valence-electron chi connectivity index (χ3n) is 11.8. The highest BCUT2D eigenvalue weighted by molar-refractivity contribution is 6.09. The summed E-state index contributed by atoms with van der Waals surface area (Å²) >= 11 is 0. The van der Waals surface area contributed by atoms with E-state index in [9.17, 15) is 23.6 Å². The van der Waals surface area contributed by atoms with Gasteiger partial charge in [-0.25, -0.2) is 13.2 Å². The molecule has 10 nitrogen and oxygen atoms in total. The number of rotatable bonds is 9. The second-order valence-corrected chi connectivity index (χ2v) is 15.3. The quantitative estimate of drug-likeness (QED) is 0.208. The molecular weight excluding hydrogens is 734 g/mol. The van der Waals surface area contributed by atoms with Gasteiger partial charge in [0.15, 0.2) is 0 Å². The minimum Gasteiger partial charge on any atom is -0.366 e. The predicted molar refractivity (Wildman–Crippen MR) is 209 cm³/mol. The Balaban J connectivity index is 0.867. The van der Waals surface area contributed by atoms with Gasteiger partial charge < -0.3 is 25.8 Å². The Kier molecular flexibility index (Phi) is 11.6. The van der Waals surface area contributed by atoms with Gasteiger partial charge in [0.25, 0.3) is 11.8 Å². The van der Waals surface area contributed by atoms with Crippen molar-refractivity contribution in [3.05, 3.63) is 130 Å². The SMILES string of the molecule is N=C(Cc1ccc(F)c(C(=O)N2CCN(C(=O)CN3CCC4(CC3)CCN(C(=O)c3c(F)cc(-c5ccccc5)cc3F)CC4)CC2)c1)c1ccccc1C(N)=O. The molecule has 13 heteroatoms. The first kappa shape index (κ1) is 39.4. The normalized spacial score (nSPS) is 17.1. The summed E-state index contributed by atoms with van der Waals surface area (Å²) in [6.45, 7) is 3.61. The Bertz CT molecular complexity index is 2170. The molecule has 57 heavy (non-hydrogen) atoms. The number of piperazine rings is 1. The van der Waals surface area contributed by atoms with Gasteiger partial charge in [0.2, 0.25) is 11.8 Å². The highest BCUT2D eigenvalue weighted by atomic mass is 19.1. The third-order valence-corrected chi connectivity index (χ3v) is 11.8. The minimum absolute atomic E-state index is 0.00257. The van der Waals surface area contributed by atoms with E-state index in [0.29, 0.717) is 61.5 Å². The summed E-state index contributed by atoms with van der Waals surface area (Å²) in [6.07, 6.45) is 3.20. The van der Waals surface area contributed by atoms with Crippen LogP contribution in [0.3, 0.4) is 0 Å². The Morgan fingerprint density at radius 3 is 1.79 bits per heavy atom. The first-order chi connectivity index (χ1) is 27.4. The summed E-state index contributed by atoms with van der Waals surface area (Å²) in [5.74, 6) is -4.24. The van der Waals surface area contributed by atoms with Crippen molar-refractivity contribution in [2.75, 3.05) is 58.9 Å². The van der Waals surface area contributed by atoms with E-state index in [1.807, 2.05) is 6.07 Å². The van der Waals surface area contributed by atoms with Crippen molar-refractivity contribution < 1.29 is 32.3 Å². The van der Waals surface area contributed by atoms with Crippen molar-refractivity contribution in [2.24, 2.45) is 11.1 Å². The van der Waals surface area contributed by atoms with Gasteiger partial charge >= 0.3 is 0 Å². The lowest BCUT2D eigenvalue weighted by atomic mass is 9.71. The molecule has 3 aliphatic heterocycles. The number of nitrogens with zero attached hydrogens (tertiary/aromatic N) is 4. The van der Waals surface area contributed by atoms with Crippen molar-refractivity contribution >= 4 is 29.3 Å². The average molecular weight is 779 g/mol. The van der Waals surface area contributed by atoms with Gasteiger partial charge in [-0.15, -0.1) is 0 Å². The average Bonchev–Trinajstić information content (AvgIpc) is 3.22. The van der Waals surface area contributed by atoms with Gasteiger partial charge in [0.05, 0.1) is 12.1 Å². The van der Waals surface area contributed by atoms with E-state index in [-0.39, 0.29) is 54.2 Å². The standard InChI is InChI=1S/C44H45F3N6O4/c45-35-11-10-29(25-38(48)32-8-4-5-9-33(32)41(49)55)24-34(35)42(56)53-22-20-51(21-23-53)39(54)28-50-16-12-44(13-17-50)14-18-52(19-15-44)43(57)40-36(46)26-31(27-37(40)47)30-6-2-1-3-7-30/h1-11,24,26-27,48H,12-23,25,28H2,(H2,49,55). The fourth-order valence-corrected chi connectivity index (χ4v) is 8.33. The number of nitrogens with two attached hydrogens (primary N) is 1. The Morgan fingerprint density at radius 1 is 0.596 bits per heavy atom. The maximum atomic E-state index is 15.1. The monoisotopic (exact) mass is 778 g/mol. The van der Waals surface area contributed by atoms with Gasteiger partial charge in [-0.1, -0.05) is 54.6 Å². The number of carbonyl (C=O) groups excluding carboxylic acids is 4. The Hall–Kier alpha value is -5.82. The van der Waals surface area contributed by atoms with E-state index in [0.717, 1.165) is 25.7 Å². The zero-order chi connectivity index (χ0) is 40.3. The molecule has 0 radical (unpaired) electrons. The molecule has 7 rings (SSSR count). The minimum atomic E-state index is -0.870. The summed E-state index contributed by atoms with van der Waals surface area (Å²) in [6, 6.07) is 22.0. The molecule has 3 fully saturated rings. The van der Waals surface area contributed by atoms with Crippen LogP contribution in [0, 0.1) is 28.3 Å². The van der Waals surface area contributed by atoms with Gasteiger partial charge in [-0.05, 0) is 91.2 Å². The number of hydrogen-bond donors (Lipinski definition) is 2. The largest absolute Gasteiger partial charge is 0.366 e. The smallest absolute Gasteiger partial charge is 0.259 e. The van der Waals surface area contributed by atoms with E-state index < -0.39 is 40.7 Å². The maximum Gasteiger partial charge on any atom is 0.259 e. The topological polar surface area (TPSA) is 131 Å². The number of likely N-dealkylation sites (tertiary alicyclic amines) is 2. The van der Waals surface area contributed by atoms with Gasteiger partial charge in [-0.3, -0.25) is 24.1 Å². The van der Waals surface area contributed by atoms with Gasteiger partial charge in [-0.2, -0.15) is 0 Å². The van der Waals surface area contributed by atoms with E-state index in [1.54, 1.807) is 58.3 Å². The number of benzene rings is 4. The van der Waals surface area contributed by atoms with Crippen molar-refractivity contribution in [3.63, 3.8) is 0 Å². The summed E-state index contributed by atoms with van der Waals surface area (Å²) in [7, 11) is 0. The molecule has 1 spiro atoms. The van der Waals surface area contributed by atoms with Crippen molar-refractivity contribution in [2.45, 2.75) is 32.1 Å². The highest BCUT2D eigenvalue weighted by Crippen LogP contribution is 2.42. The second-order valence-electron chi connectivity index (χ2n) is 15.3. The van der Waals surface area contributed by atoms with Crippen LogP contribution in [0.1, 0.15) is 67.9 Å².